The van der Waals surface area contributed by atoms with Gasteiger partial charge in [0.05, 0.1) is 16.3 Å². The van der Waals surface area contributed by atoms with Gasteiger partial charge in [-0.3, -0.25) is 9.59 Å². The number of aldehydes is 1. The summed E-state index contributed by atoms with van der Waals surface area (Å²) in [6.45, 7) is 1.31. The molecule has 1 heterocycles. The Labute approximate surface area is 134 Å². The van der Waals surface area contributed by atoms with E-state index in [9.17, 15) is 22.8 Å². The van der Waals surface area contributed by atoms with Gasteiger partial charge in [0.1, 0.15) is 5.69 Å². The van der Waals surface area contributed by atoms with E-state index >= 15 is 0 Å². The molecule has 0 saturated carbocycles. The number of rotatable bonds is 3. The predicted octanol–water partition coefficient (Wildman–Crippen LogP) is 4.13. The fraction of sp³-hybridized carbons (Fsp3) is 0.133. The molecule has 2 aromatic rings. The number of nitrogens with zero attached hydrogens (tertiary/aromatic N) is 1. The second-order valence-corrected chi connectivity index (χ2v) is 5.04. The number of carbonyl (C=O) groups excluding carboxylic acids is 2. The quantitative estimate of drug-likeness (QED) is 0.853. The smallest absolute Gasteiger partial charge is 0.322 e. The zero-order valence-corrected chi connectivity index (χ0v) is 12.5. The minimum absolute atomic E-state index is 0.000558. The number of hydrogen-bond acceptors (Lipinski definition) is 3. The molecule has 1 N–H and O–H groups in total. The van der Waals surface area contributed by atoms with E-state index in [-0.39, 0.29) is 21.8 Å². The molecule has 1 aromatic heterocycles. The summed E-state index contributed by atoms with van der Waals surface area (Å²) < 4.78 is 37.7. The van der Waals surface area contributed by atoms with E-state index in [4.69, 9.17) is 11.6 Å². The summed E-state index contributed by atoms with van der Waals surface area (Å²) in [7, 11) is 0. The highest BCUT2D eigenvalue weighted by Crippen LogP contribution is 2.28. The van der Waals surface area contributed by atoms with Crippen LogP contribution in [0.25, 0.3) is 0 Å². The van der Waals surface area contributed by atoms with Gasteiger partial charge in [-0.25, -0.2) is 4.98 Å². The van der Waals surface area contributed by atoms with Crippen molar-refractivity contribution in [3.8, 4) is 0 Å². The zero-order valence-electron chi connectivity index (χ0n) is 11.7. The molecular weight excluding hydrogens is 333 g/mol. The van der Waals surface area contributed by atoms with Crippen molar-refractivity contribution in [3.05, 3.63) is 57.9 Å². The van der Waals surface area contributed by atoms with Crippen molar-refractivity contribution < 1.29 is 22.8 Å². The van der Waals surface area contributed by atoms with Crippen LogP contribution >= 0.6 is 11.6 Å². The molecule has 0 bridgehead atoms. The van der Waals surface area contributed by atoms with Crippen molar-refractivity contribution in [2.24, 2.45) is 0 Å². The van der Waals surface area contributed by atoms with Crippen molar-refractivity contribution in [1.82, 2.24) is 4.98 Å². The van der Waals surface area contributed by atoms with Crippen molar-refractivity contribution in [1.29, 1.82) is 0 Å². The highest BCUT2D eigenvalue weighted by molar-refractivity contribution is 6.33. The summed E-state index contributed by atoms with van der Waals surface area (Å²) in [5, 5.41) is 2.71. The van der Waals surface area contributed by atoms with Gasteiger partial charge in [-0.05, 0) is 37.3 Å². The Kier molecular flexibility index (Phi) is 4.70. The Morgan fingerprint density at radius 1 is 1.26 bits per heavy atom. The Bertz CT molecular complexity index is 776. The van der Waals surface area contributed by atoms with Crippen molar-refractivity contribution in [2.75, 3.05) is 5.32 Å². The van der Waals surface area contributed by atoms with Gasteiger partial charge in [0.15, 0.2) is 6.29 Å². The topological polar surface area (TPSA) is 59.1 Å². The van der Waals surface area contributed by atoms with Gasteiger partial charge in [0, 0.05) is 11.3 Å². The van der Waals surface area contributed by atoms with Crippen LogP contribution in [-0.2, 0) is 6.18 Å². The van der Waals surface area contributed by atoms with Gasteiger partial charge in [-0.15, -0.1) is 0 Å². The Balaban J connectivity index is 2.26. The lowest BCUT2D eigenvalue weighted by atomic mass is 10.1. The zero-order chi connectivity index (χ0) is 17.2. The van der Waals surface area contributed by atoms with Crippen molar-refractivity contribution >= 4 is 29.5 Å². The number of halogens is 4. The third-order valence-electron chi connectivity index (χ3n) is 3.00. The van der Waals surface area contributed by atoms with E-state index in [0.717, 1.165) is 12.1 Å². The Morgan fingerprint density at radius 2 is 1.96 bits per heavy atom. The first-order valence-electron chi connectivity index (χ1n) is 6.33. The normalized spacial score (nSPS) is 11.2. The summed E-state index contributed by atoms with van der Waals surface area (Å²) in [6.07, 6.45) is -4.04. The molecule has 8 heteroatoms. The predicted molar refractivity (Wildman–Crippen MR) is 78.8 cm³/mol. The number of pyridine rings is 1. The lowest BCUT2D eigenvalue weighted by molar-refractivity contribution is -0.141. The van der Waals surface area contributed by atoms with E-state index in [1.807, 2.05) is 0 Å². The SMILES string of the molecule is Cc1nc(C(F)(F)F)ccc1C(=O)Nc1ccc(Cl)c(C=O)c1. The number of alkyl halides is 3. The van der Waals surface area contributed by atoms with Crippen LogP contribution in [0.2, 0.25) is 5.02 Å². The first-order valence-corrected chi connectivity index (χ1v) is 6.71. The minimum Gasteiger partial charge on any atom is -0.322 e. The molecule has 0 aliphatic heterocycles. The summed E-state index contributed by atoms with van der Waals surface area (Å²) >= 11 is 5.77. The van der Waals surface area contributed by atoms with Gasteiger partial charge in [-0.2, -0.15) is 13.2 Å². The number of benzene rings is 1. The second kappa shape index (κ2) is 6.37. The third-order valence-corrected chi connectivity index (χ3v) is 3.35. The van der Waals surface area contributed by atoms with Gasteiger partial charge in [0.25, 0.3) is 5.91 Å². The van der Waals surface area contributed by atoms with E-state index in [1.54, 1.807) is 0 Å². The summed E-state index contributed by atoms with van der Waals surface area (Å²) in [5.74, 6) is -0.636. The summed E-state index contributed by atoms with van der Waals surface area (Å²) in [5.41, 5.74) is -0.642. The summed E-state index contributed by atoms with van der Waals surface area (Å²) in [6, 6.07) is 6.05. The van der Waals surface area contributed by atoms with Crippen LogP contribution in [0.4, 0.5) is 18.9 Å². The minimum atomic E-state index is -4.57. The number of anilines is 1. The van der Waals surface area contributed by atoms with E-state index in [2.05, 4.69) is 10.3 Å². The molecule has 0 aliphatic carbocycles. The highest BCUT2D eigenvalue weighted by Gasteiger charge is 2.33. The second-order valence-electron chi connectivity index (χ2n) is 4.64. The average molecular weight is 343 g/mol. The molecule has 0 spiro atoms. The van der Waals surface area contributed by atoms with E-state index in [1.165, 1.54) is 25.1 Å². The van der Waals surface area contributed by atoms with Crippen LogP contribution in [-0.4, -0.2) is 17.2 Å². The monoisotopic (exact) mass is 342 g/mol. The van der Waals surface area contributed by atoms with Gasteiger partial charge >= 0.3 is 6.18 Å². The standard InChI is InChI=1S/C15H10ClF3N2O2/c1-8-11(3-5-13(20-8)15(17,18)19)14(23)21-10-2-4-12(16)9(6-10)7-22/h2-7H,1H3,(H,21,23). The lowest BCUT2D eigenvalue weighted by Gasteiger charge is -2.11. The van der Waals surface area contributed by atoms with Gasteiger partial charge in [-0.1, -0.05) is 11.6 Å². The molecule has 2 rings (SSSR count). The maximum absolute atomic E-state index is 12.6. The summed E-state index contributed by atoms with van der Waals surface area (Å²) in [4.78, 5) is 26.3. The Morgan fingerprint density at radius 3 is 2.52 bits per heavy atom. The van der Waals surface area contributed by atoms with E-state index in [0.29, 0.717) is 12.0 Å². The van der Waals surface area contributed by atoms with Crippen LogP contribution in [0.15, 0.2) is 30.3 Å². The van der Waals surface area contributed by atoms with Crippen LogP contribution in [0.1, 0.15) is 32.1 Å². The van der Waals surface area contributed by atoms with Crippen LogP contribution in [0.5, 0.6) is 0 Å². The fourth-order valence-electron chi connectivity index (χ4n) is 1.87. The maximum atomic E-state index is 12.6. The molecule has 0 atom stereocenters. The van der Waals surface area contributed by atoms with Crippen LogP contribution in [0, 0.1) is 6.92 Å². The molecule has 4 nitrogen and oxygen atoms in total. The van der Waals surface area contributed by atoms with Crippen molar-refractivity contribution in [3.63, 3.8) is 0 Å². The first-order chi connectivity index (χ1) is 10.7. The molecule has 120 valence electrons. The molecular formula is C15H10ClF3N2O2. The lowest BCUT2D eigenvalue weighted by Crippen LogP contribution is -2.16. The average Bonchev–Trinajstić information content (AvgIpc) is 2.48. The van der Waals surface area contributed by atoms with E-state index < -0.39 is 17.8 Å². The number of hydrogen-bond donors (Lipinski definition) is 1. The number of nitrogens with one attached hydrogen (secondary N) is 1. The molecule has 1 aromatic carbocycles. The number of amides is 1. The fourth-order valence-corrected chi connectivity index (χ4v) is 2.03. The molecule has 0 aliphatic rings. The maximum Gasteiger partial charge on any atom is 0.433 e. The molecule has 0 radical (unpaired) electrons. The van der Waals surface area contributed by atoms with Crippen LogP contribution in [0.3, 0.4) is 0 Å². The number of aryl methyl sites for hydroxylation is 1. The number of aromatic nitrogens is 1. The van der Waals surface area contributed by atoms with Crippen molar-refractivity contribution in [2.45, 2.75) is 13.1 Å². The third kappa shape index (κ3) is 3.87. The molecule has 23 heavy (non-hydrogen) atoms. The molecule has 0 saturated heterocycles. The Hall–Kier alpha value is -2.41. The highest BCUT2D eigenvalue weighted by atomic mass is 35.5. The molecule has 0 fully saturated rings. The molecule has 0 unspecified atom stereocenters. The largest absolute Gasteiger partial charge is 0.433 e. The van der Waals surface area contributed by atoms with Gasteiger partial charge < -0.3 is 5.32 Å². The van der Waals surface area contributed by atoms with Crippen LogP contribution < -0.4 is 5.32 Å². The first kappa shape index (κ1) is 17.0. The number of carbonyl (C=O) groups is 2. The molecule has 1 amide bonds. The van der Waals surface area contributed by atoms with Gasteiger partial charge in [0.2, 0.25) is 0 Å².